The van der Waals surface area contributed by atoms with E-state index in [0.717, 1.165) is 24.2 Å². The van der Waals surface area contributed by atoms with Gasteiger partial charge in [0.05, 0.1) is 13.2 Å². The summed E-state index contributed by atoms with van der Waals surface area (Å²) in [6.45, 7) is 3.50. The Morgan fingerprint density at radius 1 is 1.11 bits per heavy atom. The number of benzene rings is 1. The summed E-state index contributed by atoms with van der Waals surface area (Å²) in [7, 11) is 0. The van der Waals surface area contributed by atoms with Crippen LogP contribution in [0.25, 0.3) is 11.5 Å². The van der Waals surface area contributed by atoms with Crippen LogP contribution in [-0.4, -0.2) is 36.5 Å². The molecule has 0 aliphatic carbocycles. The minimum atomic E-state index is 0.531. The second kappa shape index (κ2) is 5.38. The quantitative estimate of drug-likeness (QED) is 0.888. The molecule has 1 aromatic carbocycles. The van der Waals surface area contributed by atoms with Crippen LogP contribution in [0.1, 0.15) is 5.56 Å². The summed E-state index contributed by atoms with van der Waals surface area (Å²) >= 11 is 0. The molecule has 3 rings (SSSR count). The average molecular weight is 260 g/mol. The molecule has 0 atom stereocenters. The first-order valence-corrected chi connectivity index (χ1v) is 6.32. The predicted molar refractivity (Wildman–Crippen MR) is 70.7 cm³/mol. The predicted octanol–water partition coefficient (Wildman–Crippen LogP) is 1.03. The Labute approximate surface area is 111 Å². The molecule has 6 nitrogen and oxygen atoms in total. The molecule has 1 aliphatic rings. The molecule has 0 amide bonds. The Balaban J connectivity index is 1.79. The maximum Gasteiger partial charge on any atom is 0.318 e. The van der Waals surface area contributed by atoms with Crippen molar-refractivity contribution in [2.24, 2.45) is 5.73 Å². The van der Waals surface area contributed by atoms with Crippen molar-refractivity contribution in [2.45, 2.75) is 6.54 Å². The van der Waals surface area contributed by atoms with E-state index in [0.29, 0.717) is 31.7 Å². The van der Waals surface area contributed by atoms with Crippen molar-refractivity contribution in [3.63, 3.8) is 0 Å². The molecule has 0 bridgehead atoms. The van der Waals surface area contributed by atoms with Gasteiger partial charge in [0.2, 0.25) is 5.89 Å². The first-order chi connectivity index (χ1) is 9.36. The Bertz CT molecular complexity index is 532. The number of nitrogens with zero attached hydrogens (tertiary/aromatic N) is 3. The molecular formula is C13H16N4O2. The third-order valence-corrected chi connectivity index (χ3v) is 3.13. The van der Waals surface area contributed by atoms with Crippen LogP contribution < -0.4 is 10.6 Å². The van der Waals surface area contributed by atoms with Gasteiger partial charge in [-0.25, -0.2) is 0 Å². The van der Waals surface area contributed by atoms with E-state index in [4.69, 9.17) is 14.9 Å². The van der Waals surface area contributed by atoms with E-state index < -0.39 is 0 Å². The van der Waals surface area contributed by atoms with Crippen molar-refractivity contribution >= 4 is 6.01 Å². The van der Waals surface area contributed by atoms with Crippen molar-refractivity contribution in [1.82, 2.24) is 10.2 Å². The van der Waals surface area contributed by atoms with Gasteiger partial charge < -0.3 is 19.8 Å². The maximum absolute atomic E-state index is 5.70. The van der Waals surface area contributed by atoms with E-state index in [1.165, 1.54) is 0 Å². The van der Waals surface area contributed by atoms with Crippen LogP contribution in [0.2, 0.25) is 0 Å². The van der Waals surface area contributed by atoms with Crippen LogP contribution in [0.4, 0.5) is 6.01 Å². The lowest BCUT2D eigenvalue weighted by molar-refractivity contribution is 0.120. The lowest BCUT2D eigenvalue weighted by Crippen LogP contribution is -2.36. The van der Waals surface area contributed by atoms with E-state index >= 15 is 0 Å². The topological polar surface area (TPSA) is 77.4 Å². The second-order valence-corrected chi connectivity index (χ2v) is 4.39. The number of hydrogen-bond donors (Lipinski definition) is 1. The van der Waals surface area contributed by atoms with Crippen LogP contribution >= 0.6 is 0 Å². The van der Waals surface area contributed by atoms with Crippen LogP contribution in [0, 0.1) is 0 Å². The minimum absolute atomic E-state index is 0.531. The first-order valence-electron chi connectivity index (χ1n) is 6.32. The molecule has 2 heterocycles. The second-order valence-electron chi connectivity index (χ2n) is 4.39. The van der Waals surface area contributed by atoms with Gasteiger partial charge in [-0.2, -0.15) is 0 Å². The number of hydrogen-bond acceptors (Lipinski definition) is 6. The number of ether oxygens (including phenoxy) is 1. The number of aromatic nitrogens is 2. The molecule has 1 fully saturated rings. The first kappa shape index (κ1) is 12.1. The summed E-state index contributed by atoms with van der Waals surface area (Å²) in [6.07, 6.45) is 0. The van der Waals surface area contributed by atoms with Crippen molar-refractivity contribution in [2.75, 3.05) is 31.2 Å². The molecule has 100 valence electrons. The zero-order chi connectivity index (χ0) is 13.1. The molecule has 0 saturated carbocycles. The van der Waals surface area contributed by atoms with Gasteiger partial charge in [-0.1, -0.05) is 17.2 Å². The zero-order valence-corrected chi connectivity index (χ0v) is 10.6. The molecule has 0 unspecified atom stereocenters. The fourth-order valence-corrected chi connectivity index (χ4v) is 2.00. The Morgan fingerprint density at radius 2 is 1.84 bits per heavy atom. The number of nitrogens with two attached hydrogens (primary N) is 1. The largest absolute Gasteiger partial charge is 0.403 e. The number of rotatable bonds is 3. The highest BCUT2D eigenvalue weighted by Gasteiger charge is 2.17. The fraction of sp³-hybridized carbons (Fsp3) is 0.385. The van der Waals surface area contributed by atoms with E-state index in [9.17, 15) is 0 Å². The summed E-state index contributed by atoms with van der Waals surface area (Å²) in [6, 6.07) is 8.38. The molecule has 2 aromatic rings. The molecule has 1 aliphatic heterocycles. The lowest BCUT2D eigenvalue weighted by Gasteiger charge is -2.24. The summed E-state index contributed by atoms with van der Waals surface area (Å²) in [5.41, 5.74) is 7.56. The maximum atomic E-state index is 5.70. The third-order valence-electron chi connectivity index (χ3n) is 3.13. The molecular weight excluding hydrogens is 244 g/mol. The SMILES string of the molecule is NCc1ccc(-c2nnc(N3CCOCC3)o2)cc1. The Morgan fingerprint density at radius 3 is 2.53 bits per heavy atom. The van der Waals surface area contributed by atoms with Gasteiger partial charge in [0.25, 0.3) is 0 Å². The summed E-state index contributed by atoms with van der Waals surface area (Å²) in [5, 5.41) is 8.17. The van der Waals surface area contributed by atoms with Crippen LogP contribution in [0.3, 0.4) is 0 Å². The minimum Gasteiger partial charge on any atom is -0.403 e. The van der Waals surface area contributed by atoms with Gasteiger partial charge >= 0.3 is 6.01 Å². The molecule has 6 heteroatoms. The van der Waals surface area contributed by atoms with Gasteiger partial charge in [-0.3, -0.25) is 0 Å². The van der Waals surface area contributed by atoms with Gasteiger partial charge in [-0.15, -0.1) is 5.10 Å². The normalized spacial score (nSPS) is 15.7. The van der Waals surface area contributed by atoms with E-state index in [1.807, 2.05) is 29.2 Å². The van der Waals surface area contributed by atoms with Crippen molar-refractivity contribution < 1.29 is 9.15 Å². The van der Waals surface area contributed by atoms with Crippen LogP contribution in [-0.2, 0) is 11.3 Å². The van der Waals surface area contributed by atoms with Crippen LogP contribution in [0.15, 0.2) is 28.7 Å². The van der Waals surface area contributed by atoms with E-state index in [1.54, 1.807) is 0 Å². The molecule has 0 radical (unpaired) electrons. The molecule has 1 aromatic heterocycles. The van der Waals surface area contributed by atoms with Crippen molar-refractivity contribution in [3.05, 3.63) is 29.8 Å². The Hall–Kier alpha value is -1.92. The summed E-state index contributed by atoms with van der Waals surface area (Å²) in [5.74, 6) is 0.532. The number of morpholine rings is 1. The smallest absolute Gasteiger partial charge is 0.318 e. The fourth-order valence-electron chi connectivity index (χ4n) is 2.00. The Kier molecular flexibility index (Phi) is 3.43. The van der Waals surface area contributed by atoms with Crippen LogP contribution in [0.5, 0.6) is 0 Å². The highest BCUT2D eigenvalue weighted by molar-refractivity contribution is 5.54. The summed E-state index contributed by atoms with van der Waals surface area (Å²) < 4.78 is 11.0. The van der Waals surface area contributed by atoms with Crippen molar-refractivity contribution in [3.8, 4) is 11.5 Å². The van der Waals surface area contributed by atoms with Gasteiger partial charge in [-0.05, 0) is 17.7 Å². The molecule has 1 saturated heterocycles. The molecule has 2 N–H and O–H groups in total. The number of anilines is 1. The average Bonchev–Trinajstić information content (AvgIpc) is 2.98. The van der Waals surface area contributed by atoms with Crippen molar-refractivity contribution in [1.29, 1.82) is 0 Å². The third kappa shape index (κ3) is 2.59. The zero-order valence-electron chi connectivity index (χ0n) is 10.6. The molecule has 19 heavy (non-hydrogen) atoms. The lowest BCUT2D eigenvalue weighted by atomic mass is 10.1. The standard InChI is InChI=1S/C13H16N4O2/c14-9-10-1-3-11(4-2-10)12-15-16-13(19-12)17-5-7-18-8-6-17/h1-4H,5-9,14H2. The van der Waals surface area contributed by atoms with E-state index in [2.05, 4.69) is 10.2 Å². The summed E-state index contributed by atoms with van der Waals surface area (Å²) in [4.78, 5) is 2.04. The van der Waals surface area contributed by atoms with E-state index in [-0.39, 0.29) is 0 Å². The van der Waals surface area contributed by atoms with Gasteiger partial charge in [0, 0.05) is 25.2 Å². The highest BCUT2D eigenvalue weighted by Crippen LogP contribution is 2.22. The monoisotopic (exact) mass is 260 g/mol. The van der Waals surface area contributed by atoms with Gasteiger partial charge in [0.15, 0.2) is 0 Å². The molecule has 0 spiro atoms. The highest BCUT2D eigenvalue weighted by atomic mass is 16.5. The van der Waals surface area contributed by atoms with Gasteiger partial charge in [0.1, 0.15) is 0 Å².